The molecule has 3 aliphatic rings. The number of ether oxygens (including phenoxy) is 1. The number of nitrogens with one attached hydrogen (secondary N) is 4. The number of unbranched alkanes of at least 4 members (excludes halogenated alkanes) is 2. The number of carbonyl (C=O) groups excluding carboxylic acids is 5. The van der Waals surface area contributed by atoms with Gasteiger partial charge in [-0.1, -0.05) is 11.6 Å². The summed E-state index contributed by atoms with van der Waals surface area (Å²) in [5.74, 6) is -1.52. The van der Waals surface area contributed by atoms with Crippen molar-refractivity contribution in [1.82, 2.24) is 15.5 Å². The van der Waals surface area contributed by atoms with Crippen LogP contribution < -0.4 is 26.0 Å². The highest BCUT2D eigenvalue weighted by Gasteiger charge is 2.44. The van der Waals surface area contributed by atoms with Gasteiger partial charge in [0.05, 0.1) is 27.8 Å². The van der Waals surface area contributed by atoms with E-state index < -0.39 is 29.7 Å². The van der Waals surface area contributed by atoms with Crippen molar-refractivity contribution in [2.75, 3.05) is 23.7 Å². The first-order valence-electron chi connectivity index (χ1n) is 17.3. The molecule has 12 nitrogen and oxygen atoms in total. The second-order valence-corrected chi connectivity index (χ2v) is 13.4. The quantitative estimate of drug-likeness (QED) is 0.134. The number of halogens is 1. The largest absolute Gasteiger partial charge is 0.490 e. The highest BCUT2D eigenvalue weighted by molar-refractivity contribution is 6.31. The number of hydrogen-bond donors (Lipinski definition) is 4. The van der Waals surface area contributed by atoms with Gasteiger partial charge in [-0.3, -0.25) is 34.2 Å². The van der Waals surface area contributed by atoms with Gasteiger partial charge in [0.25, 0.3) is 17.7 Å². The van der Waals surface area contributed by atoms with Crippen LogP contribution in [0.1, 0.15) is 94.4 Å². The van der Waals surface area contributed by atoms with Crippen LogP contribution in [-0.4, -0.2) is 65.7 Å². The molecule has 3 aromatic carbocycles. The first kappa shape index (κ1) is 35.4. The molecule has 0 aromatic heterocycles. The first-order valence-corrected chi connectivity index (χ1v) is 17.7. The summed E-state index contributed by atoms with van der Waals surface area (Å²) in [6, 6.07) is 18.7. The van der Waals surface area contributed by atoms with Gasteiger partial charge in [0, 0.05) is 48.6 Å². The van der Waals surface area contributed by atoms with Crippen molar-refractivity contribution in [1.29, 1.82) is 5.26 Å². The predicted molar refractivity (Wildman–Crippen MR) is 191 cm³/mol. The summed E-state index contributed by atoms with van der Waals surface area (Å²) in [5.41, 5.74) is 3.19. The minimum absolute atomic E-state index is 0.0372. The lowest BCUT2D eigenvalue weighted by Crippen LogP contribution is -2.54. The highest BCUT2D eigenvalue weighted by atomic mass is 35.5. The smallest absolute Gasteiger partial charge is 0.262 e. The summed E-state index contributed by atoms with van der Waals surface area (Å²) in [6.45, 7) is 1.46. The fourth-order valence-electron chi connectivity index (χ4n) is 6.66. The minimum Gasteiger partial charge on any atom is -0.490 e. The molecule has 2 heterocycles. The average molecular weight is 711 g/mol. The second-order valence-electron chi connectivity index (χ2n) is 13.0. The summed E-state index contributed by atoms with van der Waals surface area (Å²) < 4.78 is 6.05. The molecule has 1 unspecified atom stereocenters. The fourth-order valence-corrected chi connectivity index (χ4v) is 6.87. The number of piperidine rings is 1. The van der Waals surface area contributed by atoms with E-state index in [2.05, 4.69) is 21.3 Å². The fraction of sp³-hybridized carbons (Fsp3) is 0.368. The number of amides is 5. The Kier molecular flexibility index (Phi) is 11.2. The van der Waals surface area contributed by atoms with E-state index in [-0.39, 0.29) is 42.0 Å². The van der Waals surface area contributed by atoms with Crippen molar-refractivity contribution >= 4 is 52.5 Å². The molecular weight excluding hydrogens is 672 g/mol. The van der Waals surface area contributed by atoms with Gasteiger partial charge in [-0.25, -0.2) is 0 Å². The normalized spacial score (nSPS) is 19.9. The topological polar surface area (TPSA) is 170 Å². The van der Waals surface area contributed by atoms with Crippen molar-refractivity contribution in [3.8, 4) is 11.8 Å². The molecule has 51 heavy (non-hydrogen) atoms. The van der Waals surface area contributed by atoms with Crippen molar-refractivity contribution < 1.29 is 28.7 Å². The number of nitrogens with zero attached hydrogens (tertiary/aromatic N) is 2. The van der Waals surface area contributed by atoms with E-state index >= 15 is 0 Å². The summed E-state index contributed by atoms with van der Waals surface area (Å²) in [5, 5.41) is 21.5. The molecule has 1 saturated carbocycles. The molecule has 6 rings (SSSR count). The molecule has 0 radical (unpaired) electrons. The van der Waals surface area contributed by atoms with Crippen LogP contribution in [0, 0.1) is 11.3 Å². The Morgan fingerprint density at radius 1 is 0.843 bits per heavy atom. The average Bonchev–Trinajstić information content (AvgIpc) is 3.37. The molecule has 4 N–H and O–H groups in total. The molecule has 13 heteroatoms. The molecular formula is C38H39ClN6O6. The zero-order valence-corrected chi connectivity index (χ0v) is 28.8. The molecule has 0 bridgehead atoms. The molecule has 2 fully saturated rings. The van der Waals surface area contributed by atoms with E-state index in [1.54, 1.807) is 36.4 Å². The van der Waals surface area contributed by atoms with Crippen LogP contribution in [0.2, 0.25) is 5.02 Å². The molecule has 0 spiro atoms. The Balaban J connectivity index is 0.858. The Labute approximate surface area is 300 Å². The van der Waals surface area contributed by atoms with Gasteiger partial charge >= 0.3 is 0 Å². The van der Waals surface area contributed by atoms with Gasteiger partial charge in [-0.05, 0) is 106 Å². The maximum absolute atomic E-state index is 13.0. The summed E-state index contributed by atoms with van der Waals surface area (Å²) in [6.07, 6.45) is 6.28. The number of rotatable bonds is 13. The lowest BCUT2D eigenvalue weighted by Gasteiger charge is -2.29. The molecule has 1 saturated heterocycles. The van der Waals surface area contributed by atoms with Gasteiger partial charge in [-0.15, -0.1) is 0 Å². The number of carbonyl (C=O) groups is 5. The van der Waals surface area contributed by atoms with Gasteiger partial charge in [0.1, 0.15) is 17.9 Å². The van der Waals surface area contributed by atoms with Crippen LogP contribution in [0.4, 0.5) is 11.4 Å². The number of hydrogen-bond acceptors (Lipinski definition) is 9. The maximum Gasteiger partial charge on any atom is 0.262 e. The zero-order valence-electron chi connectivity index (χ0n) is 28.0. The van der Waals surface area contributed by atoms with Crippen LogP contribution in [0.3, 0.4) is 0 Å². The third-order valence-electron chi connectivity index (χ3n) is 9.47. The lowest BCUT2D eigenvalue weighted by molar-refractivity contribution is -0.136. The molecule has 264 valence electrons. The monoisotopic (exact) mass is 710 g/mol. The van der Waals surface area contributed by atoms with E-state index in [9.17, 15) is 24.0 Å². The van der Waals surface area contributed by atoms with Crippen LogP contribution in [0.25, 0.3) is 0 Å². The molecule has 2 aliphatic heterocycles. The van der Waals surface area contributed by atoms with E-state index in [1.807, 2.05) is 30.3 Å². The minimum atomic E-state index is -0.982. The van der Waals surface area contributed by atoms with E-state index in [0.29, 0.717) is 28.4 Å². The predicted octanol–water partition coefficient (Wildman–Crippen LogP) is 5.43. The Hall–Kier alpha value is -5.41. The standard InChI is InChI=1S/C38H39ClN6O6/c39-32-21-29(12-6-24(32)22-40)51-28-13-9-26(10-14-28)43-35(47)23-4-7-25(8-5-23)41-18-2-1-3-19-42-27-11-15-30-31(20-27)38(50)45(37(30)49)33-16-17-34(46)44-36(33)48/h4-8,11-12,15,20-21,26,28,33,41-42H,1-3,9-10,13-14,16-19H2,(H,43,47)(H,44,46,48). The molecule has 1 atom stereocenters. The Bertz CT molecular complexity index is 1870. The van der Waals surface area contributed by atoms with Crippen molar-refractivity contribution in [2.45, 2.75) is 76.0 Å². The van der Waals surface area contributed by atoms with E-state index in [4.69, 9.17) is 21.6 Å². The Morgan fingerprint density at radius 2 is 1.53 bits per heavy atom. The van der Waals surface area contributed by atoms with Gasteiger partial charge in [0.2, 0.25) is 11.8 Å². The highest BCUT2D eigenvalue weighted by Crippen LogP contribution is 2.30. The van der Waals surface area contributed by atoms with Crippen LogP contribution in [0.5, 0.6) is 5.75 Å². The first-order chi connectivity index (χ1) is 24.7. The number of benzene rings is 3. The second kappa shape index (κ2) is 16.1. The van der Waals surface area contributed by atoms with Crippen LogP contribution >= 0.6 is 11.6 Å². The number of imide groups is 2. The van der Waals surface area contributed by atoms with Crippen molar-refractivity contribution in [2.24, 2.45) is 0 Å². The third kappa shape index (κ3) is 8.49. The van der Waals surface area contributed by atoms with Gasteiger partial charge in [-0.2, -0.15) is 5.26 Å². The maximum atomic E-state index is 13.0. The van der Waals surface area contributed by atoms with Crippen LogP contribution in [0.15, 0.2) is 60.7 Å². The number of nitriles is 1. The molecule has 1 aliphatic carbocycles. The van der Waals surface area contributed by atoms with E-state index in [0.717, 1.165) is 67.8 Å². The van der Waals surface area contributed by atoms with Crippen molar-refractivity contribution in [3.05, 3.63) is 87.9 Å². The molecule has 5 amide bonds. The summed E-state index contributed by atoms with van der Waals surface area (Å²) in [4.78, 5) is 63.5. The lowest BCUT2D eigenvalue weighted by atomic mass is 9.92. The van der Waals surface area contributed by atoms with E-state index in [1.165, 1.54) is 0 Å². The number of anilines is 2. The zero-order chi connectivity index (χ0) is 35.9. The third-order valence-corrected chi connectivity index (χ3v) is 9.78. The van der Waals surface area contributed by atoms with Crippen LogP contribution in [-0.2, 0) is 9.59 Å². The molecule has 3 aromatic rings. The van der Waals surface area contributed by atoms with Gasteiger partial charge < -0.3 is 20.7 Å². The van der Waals surface area contributed by atoms with Gasteiger partial charge in [0.15, 0.2) is 0 Å². The Morgan fingerprint density at radius 3 is 2.22 bits per heavy atom. The summed E-state index contributed by atoms with van der Waals surface area (Å²) in [7, 11) is 0. The SMILES string of the molecule is N#Cc1ccc(OC2CCC(NC(=O)c3ccc(NCCCCCNc4ccc5c(c4)C(=O)N(C4CCC(=O)NC4=O)C5=O)cc3)CC2)cc1Cl. The number of fused-ring (bicyclic) bond motifs is 1. The van der Waals surface area contributed by atoms with Crippen molar-refractivity contribution in [3.63, 3.8) is 0 Å². The summed E-state index contributed by atoms with van der Waals surface area (Å²) >= 11 is 6.12.